The number of ether oxygens (including phenoxy) is 2. The van der Waals surface area contributed by atoms with E-state index in [9.17, 15) is 9.59 Å². The second-order valence-electron chi connectivity index (χ2n) is 5.80. The second-order valence-corrected chi connectivity index (χ2v) is 5.80. The molecule has 3 aromatic rings. The van der Waals surface area contributed by atoms with Crippen molar-refractivity contribution in [2.45, 2.75) is 6.61 Å². The van der Waals surface area contributed by atoms with Crippen LogP contribution in [0.25, 0.3) is 11.1 Å². The molecule has 0 saturated heterocycles. The molecule has 0 aromatic heterocycles. The summed E-state index contributed by atoms with van der Waals surface area (Å²) in [6, 6.07) is 24.4. The number of methoxy groups -OCH3 is 1. The lowest BCUT2D eigenvalue weighted by Gasteiger charge is -2.10. The molecule has 0 unspecified atom stereocenters. The number of anilines is 1. The Balaban J connectivity index is 1.59. The molecule has 0 heterocycles. The number of para-hydroxylation sites is 1. The molecule has 0 atom stereocenters. The molecule has 3 rings (SSSR count). The number of esters is 1. The van der Waals surface area contributed by atoms with Gasteiger partial charge in [0.25, 0.3) is 0 Å². The fourth-order valence-corrected chi connectivity index (χ4v) is 2.60. The molecule has 3 aromatic carbocycles. The molecule has 0 aliphatic rings. The Morgan fingerprint density at radius 2 is 1.44 bits per heavy atom. The van der Waals surface area contributed by atoms with Gasteiger partial charge in [-0.1, -0.05) is 66.7 Å². The Labute approximate surface area is 157 Å². The Hall–Kier alpha value is -3.60. The van der Waals surface area contributed by atoms with E-state index in [0.29, 0.717) is 5.69 Å². The fourth-order valence-electron chi connectivity index (χ4n) is 2.60. The number of amides is 1. The topological polar surface area (TPSA) is 64.6 Å². The van der Waals surface area contributed by atoms with Gasteiger partial charge in [-0.25, -0.2) is 9.59 Å². The van der Waals surface area contributed by atoms with Gasteiger partial charge in [0.05, 0.1) is 18.4 Å². The van der Waals surface area contributed by atoms with Crippen LogP contribution in [0.4, 0.5) is 10.5 Å². The first-order chi connectivity index (χ1) is 13.2. The summed E-state index contributed by atoms with van der Waals surface area (Å²) in [6.45, 7) is 0.126. The van der Waals surface area contributed by atoms with E-state index >= 15 is 0 Å². The summed E-state index contributed by atoms with van der Waals surface area (Å²) in [7, 11) is 1.29. The van der Waals surface area contributed by atoms with Crippen LogP contribution in [0.15, 0.2) is 78.9 Å². The predicted octanol–water partition coefficient (Wildman–Crippen LogP) is 4.89. The van der Waals surface area contributed by atoms with Gasteiger partial charge in [0, 0.05) is 0 Å². The first-order valence-corrected chi connectivity index (χ1v) is 8.43. The Morgan fingerprint density at radius 3 is 2.15 bits per heavy atom. The largest absolute Gasteiger partial charge is 0.465 e. The van der Waals surface area contributed by atoms with E-state index in [1.807, 2.05) is 54.6 Å². The Kier molecular flexibility index (Phi) is 5.84. The van der Waals surface area contributed by atoms with Crippen LogP contribution in [0, 0.1) is 0 Å². The minimum absolute atomic E-state index is 0.126. The van der Waals surface area contributed by atoms with E-state index in [2.05, 4.69) is 5.32 Å². The summed E-state index contributed by atoms with van der Waals surface area (Å²) in [5, 5.41) is 2.57. The molecule has 5 heteroatoms. The number of hydrogen-bond donors (Lipinski definition) is 1. The first kappa shape index (κ1) is 18.2. The van der Waals surface area contributed by atoms with E-state index in [1.165, 1.54) is 7.11 Å². The van der Waals surface area contributed by atoms with Crippen LogP contribution in [0.1, 0.15) is 15.9 Å². The molecule has 0 aliphatic carbocycles. The molecular formula is C22H19NO4. The average Bonchev–Trinajstić information content (AvgIpc) is 2.73. The highest BCUT2D eigenvalue weighted by Crippen LogP contribution is 2.20. The van der Waals surface area contributed by atoms with Crippen molar-refractivity contribution in [1.29, 1.82) is 0 Å². The number of carbonyl (C=O) groups excluding carboxylic acids is 2. The highest BCUT2D eigenvalue weighted by Gasteiger charge is 2.13. The highest BCUT2D eigenvalue weighted by atomic mass is 16.5. The van der Waals surface area contributed by atoms with Gasteiger partial charge in [-0.2, -0.15) is 0 Å². The van der Waals surface area contributed by atoms with Crippen LogP contribution < -0.4 is 5.32 Å². The SMILES string of the molecule is COC(=O)c1ccccc1NC(=O)OCc1ccc(-c2ccccc2)cc1. The summed E-state index contributed by atoms with van der Waals surface area (Å²) in [5.41, 5.74) is 3.70. The number of nitrogens with one attached hydrogen (secondary N) is 1. The van der Waals surface area contributed by atoms with Crippen molar-refractivity contribution < 1.29 is 19.1 Å². The van der Waals surface area contributed by atoms with Gasteiger partial charge >= 0.3 is 12.1 Å². The van der Waals surface area contributed by atoms with Crippen LogP contribution in [0.3, 0.4) is 0 Å². The first-order valence-electron chi connectivity index (χ1n) is 8.43. The van der Waals surface area contributed by atoms with Crippen LogP contribution in [-0.2, 0) is 16.1 Å². The van der Waals surface area contributed by atoms with Crippen molar-refractivity contribution >= 4 is 17.7 Å². The zero-order valence-electron chi connectivity index (χ0n) is 14.8. The van der Waals surface area contributed by atoms with E-state index < -0.39 is 12.1 Å². The van der Waals surface area contributed by atoms with Gasteiger partial charge in [0.2, 0.25) is 0 Å². The van der Waals surface area contributed by atoms with Crippen molar-refractivity contribution in [1.82, 2.24) is 0 Å². The third-order valence-corrected chi connectivity index (χ3v) is 4.00. The minimum atomic E-state index is -0.640. The maximum Gasteiger partial charge on any atom is 0.411 e. The number of benzene rings is 3. The monoisotopic (exact) mass is 361 g/mol. The molecule has 27 heavy (non-hydrogen) atoms. The smallest absolute Gasteiger partial charge is 0.411 e. The average molecular weight is 361 g/mol. The zero-order valence-corrected chi connectivity index (χ0v) is 14.8. The van der Waals surface area contributed by atoms with Crippen molar-refractivity contribution in [3.63, 3.8) is 0 Å². The van der Waals surface area contributed by atoms with E-state index in [-0.39, 0.29) is 12.2 Å². The zero-order chi connectivity index (χ0) is 19.1. The molecule has 1 amide bonds. The van der Waals surface area contributed by atoms with Gasteiger partial charge in [0.1, 0.15) is 6.61 Å². The van der Waals surface area contributed by atoms with E-state index in [1.54, 1.807) is 24.3 Å². The quantitative estimate of drug-likeness (QED) is 0.657. The van der Waals surface area contributed by atoms with Crippen LogP contribution in [0.2, 0.25) is 0 Å². The lowest BCUT2D eigenvalue weighted by atomic mass is 10.0. The van der Waals surface area contributed by atoms with E-state index in [4.69, 9.17) is 9.47 Å². The summed E-state index contributed by atoms with van der Waals surface area (Å²) >= 11 is 0. The maximum absolute atomic E-state index is 12.1. The maximum atomic E-state index is 12.1. The third kappa shape index (κ3) is 4.73. The molecule has 0 radical (unpaired) electrons. The van der Waals surface area contributed by atoms with E-state index in [0.717, 1.165) is 16.7 Å². The predicted molar refractivity (Wildman–Crippen MR) is 103 cm³/mol. The van der Waals surface area contributed by atoms with Gasteiger partial charge in [0.15, 0.2) is 0 Å². The standard InChI is InChI=1S/C22H19NO4/c1-26-21(24)19-9-5-6-10-20(19)23-22(25)27-15-16-11-13-18(14-12-16)17-7-3-2-4-8-17/h2-14H,15H2,1H3,(H,23,25). The summed E-state index contributed by atoms with van der Waals surface area (Å²) in [4.78, 5) is 23.8. The Morgan fingerprint density at radius 1 is 0.815 bits per heavy atom. The second kappa shape index (κ2) is 8.67. The van der Waals surface area contributed by atoms with Crippen molar-refractivity contribution in [2.24, 2.45) is 0 Å². The highest BCUT2D eigenvalue weighted by molar-refractivity contribution is 5.99. The molecule has 0 saturated carbocycles. The van der Waals surface area contributed by atoms with Crippen LogP contribution in [0.5, 0.6) is 0 Å². The molecule has 136 valence electrons. The number of carbonyl (C=O) groups is 2. The minimum Gasteiger partial charge on any atom is -0.465 e. The third-order valence-electron chi connectivity index (χ3n) is 4.00. The molecule has 5 nitrogen and oxygen atoms in total. The summed E-state index contributed by atoms with van der Waals surface area (Å²) in [5.74, 6) is -0.526. The van der Waals surface area contributed by atoms with Crippen LogP contribution in [-0.4, -0.2) is 19.2 Å². The Bertz CT molecular complexity index is 921. The summed E-state index contributed by atoms with van der Waals surface area (Å²) < 4.78 is 9.95. The van der Waals surface area contributed by atoms with Gasteiger partial charge < -0.3 is 9.47 Å². The van der Waals surface area contributed by atoms with Crippen LogP contribution >= 0.6 is 0 Å². The molecule has 0 aliphatic heterocycles. The van der Waals surface area contributed by atoms with Gasteiger partial charge in [-0.05, 0) is 28.8 Å². The lowest BCUT2D eigenvalue weighted by molar-refractivity contribution is 0.0602. The molecule has 0 spiro atoms. The summed E-state index contributed by atoms with van der Waals surface area (Å²) in [6.07, 6.45) is -0.640. The molecule has 1 N–H and O–H groups in total. The number of rotatable bonds is 5. The van der Waals surface area contributed by atoms with Crippen molar-refractivity contribution in [2.75, 3.05) is 12.4 Å². The molecule has 0 fully saturated rings. The molecule has 0 bridgehead atoms. The normalized spacial score (nSPS) is 10.1. The van der Waals surface area contributed by atoms with Crippen molar-refractivity contribution in [3.05, 3.63) is 90.0 Å². The van der Waals surface area contributed by atoms with Crippen molar-refractivity contribution in [3.8, 4) is 11.1 Å². The van der Waals surface area contributed by atoms with Gasteiger partial charge in [-0.3, -0.25) is 5.32 Å². The lowest BCUT2D eigenvalue weighted by Crippen LogP contribution is -2.16. The van der Waals surface area contributed by atoms with Gasteiger partial charge in [-0.15, -0.1) is 0 Å². The fraction of sp³-hybridized carbons (Fsp3) is 0.0909. The number of hydrogen-bond acceptors (Lipinski definition) is 4. The molecular weight excluding hydrogens is 342 g/mol.